The summed E-state index contributed by atoms with van der Waals surface area (Å²) >= 11 is 0. The lowest BCUT2D eigenvalue weighted by atomic mass is 10.1. The van der Waals surface area contributed by atoms with Gasteiger partial charge in [0.25, 0.3) is 0 Å². The Labute approximate surface area is 138 Å². The number of amides is 1. The van der Waals surface area contributed by atoms with Crippen LogP contribution in [0, 0.1) is 5.92 Å². The van der Waals surface area contributed by atoms with Crippen molar-refractivity contribution < 1.29 is 4.79 Å². The number of guanidine groups is 1. The lowest BCUT2D eigenvalue weighted by molar-refractivity contribution is -0.122. The molecule has 0 saturated carbocycles. The number of hydrogen-bond acceptors (Lipinski definition) is 3. The minimum Gasteiger partial charge on any atom is -0.357 e. The van der Waals surface area contributed by atoms with Gasteiger partial charge in [0.2, 0.25) is 5.91 Å². The van der Waals surface area contributed by atoms with Crippen LogP contribution in [-0.4, -0.2) is 40.5 Å². The molecule has 23 heavy (non-hydrogen) atoms. The van der Waals surface area contributed by atoms with Gasteiger partial charge in [-0.25, -0.2) is 9.98 Å². The van der Waals surface area contributed by atoms with E-state index in [-0.39, 0.29) is 11.9 Å². The van der Waals surface area contributed by atoms with E-state index in [4.69, 9.17) is 0 Å². The highest BCUT2D eigenvalue weighted by Gasteiger charge is 2.18. The van der Waals surface area contributed by atoms with Gasteiger partial charge in [-0.05, 0) is 19.3 Å². The molecule has 1 atom stereocenters. The van der Waals surface area contributed by atoms with Gasteiger partial charge in [0.15, 0.2) is 5.96 Å². The van der Waals surface area contributed by atoms with Gasteiger partial charge in [-0.3, -0.25) is 4.79 Å². The highest BCUT2D eigenvalue weighted by molar-refractivity contribution is 5.81. The van der Waals surface area contributed by atoms with Gasteiger partial charge >= 0.3 is 0 Å². The molecule has 1 amide bonds. The van der Waals surface area contributed by atoms with E-state index in [1.165, 1.54) is 0 Å². The molecule has 0 aromatic carbocycles. The first-order chi connectivity index (χ1) is 11.1. The molecule has 1 aliphatic rings. The van der Waals surface area contributed by atoms with Crippen molar-refractivity contribution in [3.63, 3.8) is 0 Å². The number of rotatable bonds is 6. The molecule has 0 bridgehead atoms. The molecule has 7 nitrogen and oxygen atoms in total. The van der Waals surface area contributed by atoms with Crippen molar-refractivity contribution >= 4 is 11.9 Å². The largest absolute Gasteiger partial charge is 0.357 e. The molecule has 1 unspecified atom stereocenters. The van der Waals surface area contributed by atoms with E-state index in [9.17, 15) is 4.79 Å². The first kappa shape index (κ1) is 17.3. The van der Waals surface area contributed by atoms with Crippen molar-refractivity contribution in [2.24, 2.45) is 10.9 Å². The SMILES string of the molecule is CCNC(=NCc1nccn1CC(C)C)NC1CCC(=O)NC1. The molecule has 1 aromatic rings. The zero-order valence-corrected chi connectivity index (χ0v) is 14.3. The number of aromatic nitrogens is 2. The lowest BCUT2D eigenvalue weighted by Crippen LogP contribution is -2.51. The van der Waals surface area contributed by atoms with E-state index in [0.29, 0.717) is 25.4 Å². The van der Waals surface area contributed by atoms with Crippen LogP contribution in [0.5, 0.6) is 0 Å². The average molecular weight is 320 g/mol. The summed E-state index contributed by atoms with van der Waals surface area (Å²) in [6, 6.07) is 0.223. The molecule has 2 rings (SSSR count). The van der Waals surface area contributed by atoms with Crippen LogP contribution in [0.1, 0.15) is 39.4 Å². The van der Waals surface area contributed by atoms with Crippen LogP contribution in [0.3, 0.4) is 0 Å². The Kier molecular flexibility index (Phi) is 6.43. The molecule has 1 fully saturated rings. The number of nitrogens with one attached hydrogen (secondary N) is 3. The van der Waals surface area contributed by atoms with Crippen molar-refractivity contribution in [3.05, 3.63) is 18.2 Å². The molecule has 0 radical (unpaired) electrons. The Bertz CT molecular complexity index is 526. The maximum atomic E-state index is 11.2. The van der Waals surface area contributed by atoms with E-state index in [1.54, 1.807) is 0 Å². The maximum absolute atomic E-state index is 11.2. The van der Waals surface area contributed by atoms with Crippen LogP contribution in [0.15, 0.2) is 17.4 Å². The van der Waals surface area contributed by atoms with Crippen LogP contribution in [0.25, 0.3) is 0 Å². The number of aliphatic imine (C=N–C) groups is 1. The summed E-state index contributed by atoms with van der Waals surface area (Å²) in [6.45, 7) is 9.35. The molecule has 0 spiro atoms. The van der Waals surface area contributed by atoms with Gasteiger partial charge in [-0.1, -0.05) is 13.8 Å². The number of imidazole rings is 1. The molecule has 3 N–H and O–H groups in total. The van der Waals surface area contributed by atoms with Crippen LogP contribution < -0.4 is 16.0 Å². The molecular formula is C16H28N6O. The third-order valence-electron chi connectivity index (χ3n) is 3.69. The van der Waals surface area contributed by atoms with Crippen LogP contribution in [-0.2, 0) is 17.9 Å². The Morgan fingerprint density at radius 1 is 1.57 bits per heavy atom. The molecule has 7 heteroatoms. The monoisotopic (exact) mass is 320 g/mol. The number of carbonyl (C=O) groups is 1. The first-order valence-corrected chi connectivity index (χ1v) is 8.40. The number of piperidine rings is 1. The fourth-order valence-corrected chi connectivity index (χ4v) is 2.57. The third kappa shape index (κ3) is 5.58. The van der Waals surface area contributed by atoms with Crippen molar-refractivity contribution in [2.75, 3.05) is 13.1 Å². The van der Waals surface area contributed by atoms with Gasteiger partial charge in [-0.15, -0.1) is 0 Å². The fraction of sp³-hybridized carbons (Fsp3) is 0.688. The predicted octanol–water partition coefficient (Wildman–Crippen LogP) is 0.873. The fourth-order valence-electron chi connectivity index (χ4n) is 2.57. The predicted molar refractivity (Wildman–Crippen MR) is 91.0 cm³/mol. The topological polar surface area (TPSA) is 83.3 Å². The van der Waals surface area contributed by atoms with E-state index < -0.39 is 0 Å². The molecular weight excluding hydrogens is 292 g/mol. The van der Waals surface area contributed by atoms with E-state index in [0.717, 1.165) is 31.3 Å². The maximum Gasteiger partial charge on any atom is 0.220 e. The molecule has 1 aliphatic heterocycles. The van der Waals surface area contributed by atoms with Crippen molar-refractivity contribution in [1.82, 2.24) is 25.5 Å². The van der Waals surface area contributed by atoms with Gasteiger partial charge in [0.1, 0.15) is 12.4 Å². The molecule has 2 heterocycles. The number of hydrogen-bond donors (Lipinski definition) is 3. The van der Waals surface area contributed by atoms with E-state index >= 15 is 0 Å². The number of carbonyl (C=O) groups excluding carboxylic acids is 1. The minimum atomic E-state index is 0.126. The van der Waals surface area contributed by atoms with Crippen molar-refractivity contribution in [1.29, 1.82) is 0 Å². The van der Waals surface area contributed by atoms with E-state index in [2.05, 4.69) is 44.3 Å². The Morgan fingerprint density at radius 3 is 3.04 bits per heavy atom. The summed E-state index contributed by atoms with van der Waals surface area (Å²) in [5.74, 6) is 2.44. The summed E-state index contributed by atoms with van der Waals surface area (Å²) in [5.41, 5.74) is 0. The van der Waals surface area contributed by atoms with Crippen molar-refractivity contribution in [2.45, 2.75) is 52.7 Å². The van der Waals surface area contributed by atoms with Gasteiger partial charge in [-0.2, -0.15) is 0 Å². The second-order valence-corrected chi connectivity index (χ2v) is 6.27. The van der Waals surface area contributed by atoms with Crippen LogP contribution >= 0.6 is 0 Å². The standard InChI is InChI=1S/C16H28N6O/c1-4-17-16(21-13-5-6-15(23)19-9-13)20-10-14-18-7-8-22(14)11-12(2)3/h7-8,12-13H,4-6,9-11H2,1-3H3,(H,19,23)(H2,17,20,21). The third-order valence-corrected chi connectivity index (χ3v) is 3.69. The summed E-state index contributed by atoms with van der Waals surface area (Å²) in [4.78, 5) is 20.3. The second kappa shape index (κ2) is 8.55. The molecule has 1 aromatic heterocycles. The van der Waals surface area contributed by atoms with Crippen LogP contribution in [0.2, 0.25) is 0 Å². The highest BCUT2D eigenvalue weighted by Crippen LogP contribution is 2.06. The Morgan fingerprint density at radius 2 is 2.39 bits per heavy atom. The zero-order valence-electron chi connectivity index (χ0n) is 14.3. The molecule has 1 saturated heterocycles. The summed E-state index contributed by atoms with van der Waals surface area (Å²) in [7, 11) is 0. The Hall–Kier alpha value is -2.05. The van der Waals surface area contributed by atoms with E-state index in [1.807, 2.05) is 19.3 Å². The smallest absolute Gasteiger partial charge is 0.220 e. The second-order valence-electron chi connectivity index (χ2n) is 6.27. The van der Waals surface area contributed by atoms with Crippen molar-refractivity contribution in [3.8, 4) is 0 Å². The summed E-state index contributed by atoms with van der Waals surface area (Å²) in [6.07, 6.45) is 5.22. The van der Waals surface area contributed by atoms with Gasteiger partial charge in [0.05, 0.1) is 0 Å². The molecule has 0 aliphatic carbocycles. The highest BCUT2D eigenvalue weighted by atomic mass is 16.1. The Balaban J connectivity index is 1.95. The van der Waals surface area contributed by atoms with Gasteiger partial charge in [0, 0.05) is 44.5 Å². The average Bonchev–Trinajstić information content (AvgIpc) is 2.94. The minimum absolute atomic E-state index is 0.126. The number of nitrogens with zero attached hydrogens (tertiary/aromatic N) is 3. The first-order valence-electron chi connectivity index (χ1n) is 8.40. The normalized spacial score (nSPS) is 18.9. The quantitative estimate of drug-likeness (QED) is 0.536. The lowest BCUT2D eigenvalue weighted by Gasteiger charge is -2.25. The zero-order chi connectivity index (χ0) is 16.7. The van der Waals surface area contributed by atoms with Gasteiger partial charge < -0.3 is 20.5 Å². The van der Waals surface area contributed by atoms with Crippen LogP contribution in [0.4, 0.5) is 0 Å². The molecule has 128 valence electrons. The summed E-state index contributed by atoms with van der Waals surface area (Å²) < 4.78 is 2.15. The summed E-state index contributed by atoms with van der Waals surface area (Å²) in [5, 5.41) is 9.52.